The van der Waals surface area contributed by atoms with Gasteiger partial charge >= 0.3 is 0 Å². The molecule has 0 aliphatic heterocycles. The lowest BCUT2D eigenvalue weighted by Gasteiger charge is -2.50. The Morgan fingerprint density at radius 2 is 1.25 bits per heavy atom. The van der Waals surface area contributed by atoms with Gasteiger partial charge < -0.3 is 15.9 Å². The molecule has 0 unspecified atom stereocenters. The van der Waals surface area contributed by atoms with E-state index in [9.17, 15) is 10.2 Å². The largest absolute Gasteiger partial charge is 0.393 e. The molecule has 0 saturated heterocycles. The van der Waals surface area contributed by atoms with Crippen molar-refractivity contribution in [3.8, 4) is 0 Å². The van der Waals surface area contributed by atoms with Crippen LogP contribution in [0.5, 0.6) is 0 Å². The number of hydrogen-bond acceptors (Lipinski definition) is 3. The molecule has 0 amide bonds. The summed E-state index contributed by atoms with van der Waals surface area (Å²) in [5, 5.41) is 19.6. The van der Waals surface area contributed by atoms with Crippen LogP contribution in [0.2, 0.25) is 0 Å². The predicted molar refractivity (Wildman–Crippen MR) is 82.3 cm³/mol. The molecule has 0 heterocycles. The third-order valence-electron chi connectivity index (χ3n) is 6.29. The summed E-state index contributed by atoms with van der Waals surface area (Å²) in [5.41, 5.74) is 6.32. The first-order valence-corrected chi connectivity index (χ1v) is 8.68. The van der Waals surface area contributed by atoms with Gasteiger partial charge in [0, 0.05) is 0 Å². The van der Waals surface area contributed by atoms with Crippen molar-refractivity contribution in [1.29, 1.82) is 0 Å². The van der Waals surface area contributed by atoms with Gasteiger partial charge in [-0.1, -0.05) is 6.92 Å². The minimum Gasteiger partial charge on any atom is -0.393 e. The third-order valence-corrected chi connectivity index (χ3v) is 6.29. The zero-order valence-electron chi connectivity index (χ0n) is 13.1. The van der Waals surface area contributed by atoms with Crippen LogP contribution < -0.4 is 5.73 Å². The fourth-order valence-corrected chi connectivity index (χ4v) is 5.07. The maximum Gasteiger partial charge on any atom is 0.0540 e. The normalized spacial score (nSPS) is 38.4. The zero-order valence-corrected chi connectivity index (χ0v) is 13.1. The molecular weight excluding hydrogens is 250 g/mol. The summed E-state index contributed by atoms with van der Waals surface area (Å²) in [5.74, 6) is 1.44. The van der Waals surface area contributed by atoms with Crippen molar-refractivity contribution in [2.45, 2.75) is 83.3 Å². The Bertz CT molecular complexity index is 257. The van der Waals surface area contributed by atoms with Crippen molar-refractivity contribution in [2.75, 3.05) is 6.54 Å². The van der Waals surface area contributed by atoms with Gasteiger partial charge in [-0.2, -0.15) is 0 Å². The summed E-state index contributed by atoms with van der Waals surface area (Å²) in [4.78, 5) is 0. The van der Waals surface area contributed by atoms with E-state index in [1.165, 1.54) is 6.42 Å². The minimum atomic E-state index is -0.0770. The van der Waals surface area contributed by atoms with E-state index in [0.717, 1.165) is 76.2 Å². The zero-order chi connectivity index (χ0) is 14.6. The fraction of sp³-hybridized carbons (Fsp3) is 1.00. The fourth-order valence-electron chi connectivity index (χ4n) is 5.07. The lowest BCUT2D eigenvalue weighted by molar-refractivity contribution is -0.0275. The van der Waals surface area contributed by atoms with Crippen LogP contribution in [0.4, 0.5) is 0 Å². The molecule has 3 heteroatoms. The molecule has 20 heavy (non-hydrogen) atoms. The Hall–Kier alpha value is -0.120. The number of nitrogens with two attached hydrogens (primary N) is 1. The van der Waals surface area contributed by atoms with E-state index in [0.29, 0.717) is 5.41 Å². The summed E-state index contributed by atoms with van der Waals surface area (Å²) in [6.07, 6.45) is 10.7. The molecule has 4 N–H and O–H groups in total. The summed E-state index contributed by atoms with van der Waals surface area (Å²) in [7, 11) is 0. The Balaban J connectivity index is 2.11. The van der Waals surface area contributed by atoms with Crippen LogP contribution in [0.25, 0.3) is 0 Å². The Morgan fingerprint density at radius 1 is 0.850 bits per heavy atom. The van der Waals surface area contributed by atoms with Gasteiger partial charge in [-0.3, -0.25) is 0 Å². The van der Waals surface area contributed by atoms with Crippen LogP contribution >= 0.6 is 0 Å². The van der Waals surface area contributed by atoms with Crippen molar-refractivity contribution in [3.63, 3.8) is 0 Å². The molecule has 0 aromatic rings. The van der Waals surface area contributed by atoms with E-state index >= 15 is 0 Å². The van der Waals surface area contributed by atoms with Gasteiger partial charge in [0.05, 0.1) is 12.2 Å². The second kappa shape index (κ2) is 7.24. The molecule has 0 aromatic carbocycles. The highest BCUT2D eigenvalue weighted by molar-refractivity contribution is 4.95. The van der Waals surface area contributed by atoms with E-state index in [-0.39, 0.29) is 12.2 Å². The van der Waals surface area contributed by atoms with Gasteiger partial charge in [0.25, 0.3) is 0 Å². The smallest absolute Gasteiger partial charge is 0.0540 e. The maximum atomic E-state index is 9.78. The highest BCUT2D eigenvalue weighted by Crippen LogP contribution is 2.52. The molecule has 3 nitrogen and oxygen atoms in total. The lowest BCUT2D eigenvalue weighted by atomic mass is 9.56. The van der Waals surface area contributed by atoms with E-state index in [4.69, 9.17) is 5.73 Å². The van der Waals surface area contributed by atoms with Crippen molar-refractivity contribution in [2.24, 2.45) is 23.0 Å². The molecule has 0 bridgehead atoms. The number of aliphatic hydroxyl groups excluding tert-OH is 2. The standard InChI is InChI=1S/C17H33NO2/c1-2-17(11-12-18,13-3-7-15(19)8-4-13)14-5-9-16(20)10-6-14/h13-16,19-20H,2-12,18H2,1H3. The lowest BCUT2D eigenvalue weighted by Crippen LogP contribution is -2.43. The predicted octanol–water partition coefficient (Wildman–Crippen LogP) is 2.83. The maximum absolute atomic E-state index is 9.78. The molecule has 0 aromatic heterocycles. The number of hydrogen-bond donors (Lipinski definition) is 3. The second-order valence-electron chi connectivity index (χ2n) is 7.14. The van der Waals surface area contributed by atoms with Gasteiger partial charge in [-0.25, -0.2) is 0 Å². The van der Waals surface area contributed by atoms with Crippen molar-refractivity contribution >= 4 is 0 Å². The topological polar surface area (TPSA) is 66.5 Å². The number of aliphatic hydroxyl groups is 2. The van der Waals surface area contributed by atoms with Gasteiger partial charge in [0.1, 0.15) is 0 Å². The Morgan fingerprint density at radius 3 is 1.55 bits per heavy atom. The molecule has 0 atom stereocenters. The molecule has 2 rings (SSSR count). The Kier molecular flexibility index (Phi) is 5.88. The molecular formula is C17H33NO2. The highest BCUT2D eigenvalue weighted by atomic mass is 16.3. The van der Waals surface area contributed by atoms with Crippen LogP contribution in [0, 0.1) is 17.3 Å². The average Bonchev–Trinajstić information content (AvgIpc) is 2.47. The summed E-state index contributed by atoms with van der Waals surface area (Å²) in [6, 6.07) is 0. The molecule has 2 saturated carbocycles. The number of rotatable bonds is 5. The van der Waals surface area contributed by atoms with E-state index < -0.39 is 0 Å². The highest BCUT2D eigenvalue weighted by Gasteiger charge is 2.44. The SMILES string of the molecule is CCC(CCN)(C1CCC(O)CC1)C1CCC(O)CC1. The summed E-state index contributed by atoms with van der Waals surface area (Å²) in [6.45, 7) is 3.09. The van der Waals surface area contributed by atoms with Gasteiger partial charge in [-0.15, -0.1) is 0 Å². The monoisotopic (exact) mass is 283 g/mol. The molecule has 118 valence electrons. The van der Waals surface area contributed by atoms with Crippen LogP contribution in [0.1, 0.15) is 71.1 Å². The molecule has 2 aliphatic rings. The first-order chi connectivity index (χ1) is 9.62. The van der Waals surface area contributed by atoms with Crippen molar-refractivity contribution in [3.05, 3.63) is 0 Å². The van der Waals surface area contributed by atoms with Crippen LogP contribution in [-0.4, -0.2) is 29.0 Å². The second-order valence-corrected chi connectivity index (χ2v) is 7.14. The van der Waals surface area contributed by atoms with Crippen LogP contribution in [-0.2, 0) is 0 Å². The van der Waals surface area contributed by atoms with Crippen molar-refractivity contribution < 1.29 is 10.2 Å². The van der Waals surface area contributed by atoms with Crippen LogP contribution in [0.15, 0.2) is 0 Å². The van der Waals surface area contributed by atoms with Crippen LogP contribution in [0.3, 0.4) is 0 Å². The average molecular weight is 283 g/mol. The molecule has 0 spiro atoms. The van der Waals surface area contributed by atoms with E-state index in [1.54, 1.807) is 0 Å². The molecule has 0 radical (unpaired) electrons. The quantitative estimate of drug-likeness (QED) is 0.727. The third kappa shape index (κ3) is 3.37. The van der Waals surface area contributed by atoms with Gasteiger partial charge in [0.15, 0.2) is 0 Å². The van der Waals surface area contributed by atoms with E-state index in [1.807, 2.05) is 0 Å². The molecule has 2 aliphatic carbocycles. The first-order valence-electron chi connectivity index (χ1n) is 8.68. The minimum absolute atomic E-state index is 0.0770. The van der Waals surface area contributed by atoms with E-state index in [2.05, 4.69) is 6.92 Å². The first kappa shape index (κ1) is 16.3. The molecule has 2 fully saturated rings. The van der Waals surface area contributed by atoms with Gasteiger partial charge in [-0.05, 0) is 88.0 Å². The van der Waals surface area contributed by atoms with Gasteiger partial charge in [0.2, 0.25) is 0 Å². The summed E-state index contributed by atoms with van der Waals surface area (Å²) < 4.78 is 0. The summed E-state index contributed by atoms with van der Waals surface area (Å²) >= 11 is 0. The van der Waals surface area contributed by atoms with Crippen molar-refractivity contribution in [1.82, 2.24) is 0 Å². The Labute approximate surface area is 123 Å².